The number of ether oxygens (including phenoxy) is 1. The molecule has 1 aromatic carbocycles. The van der Waals surface area contributed by atoms with Crippen molar-refractivity contribution < 1.29 is 17.5 Å². The molecule has 2 N–H and O–H groups in total. The van der Waals surface area contributed by atoms with Crippen LogP contribution in [0.3, 0.4) is 0 Å². The van der Waals surface area contributed by atoms with Crippen LogP contribution < -0.4 is 10.5 Å². The maximum Gasteiger partial charge on any atom is 0.168 e. The monoisotopic (exact) mass is 261 g/mol. The topological polar surface area (TPSA) is 69.4 Å². The van der Waals surface area contributed by atoms with E-state index in [0.29, 0.717) is 5.56 Å². The first-order valence-corrected chi connectivity index (χ1v) is 7.14. The lowest BCUT2D eigenvalue weighted by molar-refractivity contribution is 0.383. The number of hydrogen-bond donors (Lipinski definition) is 1. The summed E-state index contributed by atoms with van der Waals surface area (Å²) in [4.78, 5) is 0. The summed E-state index contributed by atoms with van der Waals surface area (Å²) < 4.78 is 40.7. The molecule has 0 bridgehead atoms. The Hall–Kier alpha value is -1.14. The summed E-state index contributed by atoms with van der Waals surface area (Å²) in [5, 5.41) is 0. The van der Waals surface area contributed by atoms with Crippen LogP contribution in [-0.2, 0) is 16.3 Å². The largest absolute Gasteiger partial charge is 0.494 e. The van der Waals surface area contributed by atoms with Crippen LogP contribution in [0.1, 0.15) is 5.56 Å². The molecule has 0 aliphatic heterocycles. The molecule has 17 heavy (non-hydrogen) atoms. The van der Waals surface area contributed by atoms with Gasteiger partial charge >= 0.3 is 0 Å². The van der Waals surface area contributed by atoms with E-state index in [1.54, 1.807) is 12.1 Å². The number of nitrogens with two attached hydrogens (primary N) is 1. The molecule has 0 aliphatic carbocycles. The van der Waals surface area contributed by atoms with E-state index in [1.807, 2.05) is 0 Å². The van der Waals surface area contributed by atoms with Gasteiger partial charge in [-0.15, -0.1) is 0 Å². The van der Waals surface area contributed by atoms with Crippen molar-refractivity contribution in [3.8, 4) is 5.75 Å². The van der Waals surface area contributed by atoms with Crippen molar-refractivity contribution in [1.29, 1.82) is 0 Å². The number of sulfone groups is 1. The van der Waals surface area contributed by atoms with E-state index in [4.69, 9.17) is 10.5 Å². The molecule has 0 heterocycles. The van der Waals surface area contributed by atoms with Gasteiger partial charge in [0.15, 0.2) is 11.6 Å². The minimum Gasteiger partial charge on any atom is -0.494 e. The lowest BCUT2D eigenvalue weighted by atomic mass is 10.1. The average Bonchev–Trinajstić information content (AvgIpc) is 2.18. The number of halogens is 1. The van der Waals surface area contributed by atoms with Crippen molar-refractivity contribution in [2.45, 2.75) is 12.5 Å². The smallest absolute Gasteiger partial charge is 0.168 e. The molecule has 0 aromatic heterocycles. The van der Waals surface area contributed by atoms with Gasteiger partial charge in [-0.2, -0.15) is 0 Å². The zero-order chi connectivity index (χ0) is 13.1. The Labute approximate surface area is 101 Å². The van der Waals surface area contributed by atoms with Gasteiger partial charge in [-0.1, -0.05) is 12.1 Å². The molecule has 0 aliphatic rings. The van der Waals surface area contributed by atoms with Gasteiger partial charge in [0, 0.05) is 12.3 Å². The van der Waals surface area contributed by atoms with Gasteiger partial charge in [-0.05, 0) is 18.1 Å². The molecule has 0 amide bonds. The van der Waals surface area contributed by atoms with E-state index >= 15 is 0 Å². The lowest BCUT2D eigenvalue weighted by Crippen LogP contribution is -2.31. The van der Waals surface area contributed by atoms with Crippen LogP contribution in [0.15, 0.2) is 18.2 Å². The minimum absolute atomic E-state index is 0.133. The number of rotatable bonds is 5. The van der Waals surface area contributed by atoms with Crippen LogP contribution in [0.4, 0.5) is 4.39 Å². The first-order chi connectivity index (χ1) is 7.83. The lowest BCUT2D eigenvalue weighted by Gasteiger charge is -2.12. The Kier molecular flexibility index (Phi) is 4.47. The Bertz CT molecular complexity index is 487. The molecule has 1 aromatic rings. The molecule has 6 heteroatoms. The molecule has 0 radical (unpaired) electrons. The Morgan fingerprint density at radius 3 is 2.65 bits per heavy atom. The predicted octanol–water partition coefficient (Wildman–Crippen LogP) is 0.749. The van der Waals surface area contributed by atoms with E-state index in [1.165, 1.54) is 13.2 Å². The molecule has 1 rings (SSSR count). The fraction of sp³-hybridized carbons (Fsp3) is 0.455. The SMILES string of the molecule is COc1cccc(CC(N)CS(C)(=O)=O)c1F. The summed E-state index contributed by atoms with van der Waals surface area (Å²) >= 11 is 0. The summed E-state index contributed by atoms with van der Waals surface area (Å²) in [6, 6.07) is 4.09. The standard InChI is InChI=1S/C11H16FNO3S/c1-16-10-5-3-4-8(11(10)12)6-9(13)7-17(2,14)15/h3-5,9H,6-7,13H2,1-2H3. The fourth-order valence-electron chi connectivity index (χ4n) is 1.60. The van der Waals surface area contributed by atoms with Gasteiger partial charge in [-0.25, -0.2) is 12.8 Å². The van der Waals surface area contributed by atoms with E-state index in [-0.39, 0.29) is 17.9 Å². The molecule has 0 saturated carbocycles. The number of methoxy groups -OCH3 is 1. The second kappa shape index (κ2) is 5.46. The zero-order valence-electron chi connectivity index (χ0n) is 9.81. The van der Waals surface area contributed by atoms with Gasteiger partial charge in [0.2, 0.25) is 0 Å². The van der Waals surface area contributed by atoms with E-state index < -0.39 is 21.7 Å². The van der Waals surface area contributed by atoms with Crippen LogP contribution in [0, 0.1) is 5.82 Å². The molecule has 96 valence electrons. The summed E-state index contributed by atoms with van der Waals surface area (Å²) in [5.41, 5.74) is 6.03. The van der Waals surface area contributed by atoms with Crippen molar-refractivity contribution >= 4 is 9.84 Å². The van der Waals surface area contributed by atoms with Gasteiger partial charge < -0.3 is 10.5 Å². The Balaban J connectivity index is 2.82. The highest BCUT2D eigenvalue weighted by Crippen LogP contribution is 2.20. The van der Waals surface area contributed by atoms with E-state index in [0.717, 1.165) is 6.26 Å². The third-order valence-electron chi connectivity index (χ3n) is 2.26. The van der Waals surface area contributed by atoms with Crippen LogP contribution in [-0.4, -0.2) is 33.6 Å². The second-order valence-corrected chi connectivity index (χ2v) is 6.17. The molecule has 1 unspecified atom stereocenters. The maximum absolute atomic E-state index is 13.7. The van der Waals surface area contributed by atoms with Crippen molar-refractivity contribution in [2.24, 2.45) is 5.73 Å². The first-order valence-electron chi connectivity index (χ1n) is 5.08. The molecular weight excluding hydrogens is 245 g/mol. The maximum atomic E-state index is 13.7. The van der Waals surface area contributed by atoms with Gasteiger partial charge in [0.05, 0.1) is 12.9 Å². The van der Waals surface area contributed by atoms with Gasteiger partial charge in [-0.3, -0.25) is 0 Å². The third-order valence-corrected chi connectivity index (χ3v) is 3.30. The average molecular weight is 261 g/mol. The minimum atomic E-state index is -3.15. The fourth-order valence-corrected chi connectivity index (χ4v) is 2.50. The summed E-state index contributed by atoms with van der Waals surface area (Å²) in [5.74, 6) is -0.517. The highest BCUT2D eigenvalue weighted by molar-refractivity contribution is 7.90. The summed E-state index contributed by atoms with van der Waals surface area (Å²) in [6.45, 7) is 0. The first kappa shape index (κ1) is 13.9. The number of benzene rings is 1. The van der Waals surface area contributed by atoms with E-state index in [9.17, 15) is 12.8 Å². The van der Waals surface area contributed by atoms with Crippen LogP contribution >= 0.6 is 0 Å². The molecule has 4 nitrogen and oxygen atoms in total. The Morgan fingerprint density at radius 1 is 1.47 bits per heavy atom. The Morgan fingerprint density at radius 2 is 2.12 bits per heavy atom. The van der Waals surface area contributed by atoms with Crippen molar-refractivity contribution in [3.63, 3.8) is 0 Å². The molecule has 0 spiro atoms. The molecule has 0 saturated heterocycles. The highest BCUT2D eigenvalue weighted by atomic mass is 32.2. The number of hydrogen-bond acceptors (Lipinski definition) is 4. The molecule has 0 fully saturated rings. The molecular formula is C11H16FNO3S. The van der Waals surface area contributed by atoms with Crippen molar-refractivity contribution in [2.75, 3.05) is 19.1 Å². The van der Waals surface area contributed by atoms with Crippen molar-refractivity contribution in [1.82, 2.24) is 0 Å². The summed E-state index contributed by atoms with van der Waals surface area (Å²) in [7, 11) is -1.78. The van der Waals surface area contributed by atoms with E-state index in [2.05, 4.69) is 0 Å². The zero-order valence-corrected chi connectivity index (χ0v) is 10.6. The predicted molar refractivity (Wildman–Crippen MR) is 64.3 cm³/mol. The normalized spacial score (nSPS) is 13.4. The van der Waals surface area contributed by atoms with Crippen LogP contribution in [0.2, 0.25) is 0 Å². The van der Waals surface area contributed by atoms with Crippen LogP contribution in [0.5, 0.6) is 5.75 Å². The van der Waals surface area contributed by atoms with Gasteiger partial charge in [0.1, 0.15) is 9.84 Å². The van der Waals surface area contributed by atoms with Crippen LogP contribution in [0.25, 0.3) is 0 Å². The van der Waals surface area contributed by atoms with Crippen molar-refractivity contribution in [3.05, 3.63) is 29.6 Å². The third kappa shape index (κ3) is 4.32. The summed E-state index contributed by atoms with van der Waals surface area (Å²) in [6.07, 6.45) is 1.27. The molecule has 1 atom stereocenters. The van der Waals surface area contributed by atoms with Gasteiger partial charge in [0.25, 0.3) is 0 Å². The second-order valence-electron chi connectivity index (χ2n) is 3.99. The highest BCUT2D eigenvalue weighted by Gasteiger charge is 2.15. The quantitative estimate of drug-likeness (QED) is 0.849.